The van der Waals surface area contributed by atoms with Gasteiger partial charge in [0, 0.05) is 29.9 Å². The molecule has 7 heteroatoms. The van der Waals surface area contributed by atoms with E-state index in [0.717, 1.165) is 16.8 Å². The highest BCUT2D eigenvalue weighted by Gasteiger charge is 2.18. The number of hydrogen-bond acceptors (Lipinski definition) is 4. The molecule has 0 bridgehead atoms. The quantitative estimate of drug-likeness (QED) is 0.797. The van der Waals surface area contributed by atoms with Crippen LogP contribution in [0.1, 0.15) is 5.56 Å². The summed E-state index contributed by atoms with van der Waals surface area (Å²) >= 11 is 1.20. The smallest absolute Gasteiger partial charge is 0.271 e. The highest BCUT2D eigenvalue weighted by molar-refractivity contribution is 7.94. The van der Waals surface area contributed by atoms with E-state index in [-0.39, 0.29) is 4.21 Å². The van der Waals surface area contributed by atoms with Crippen molar-refractivity contribution in [1.29, 1.82) is 0 Å². The van der Waals surface area contributed by atoms with Gasteiger partial charge in [-0.25, -0.2) is 8.42 Å². The summed E-state index contributed by atoms with van der Waals surface area (Å²) in [5.74, 6) is 0. The number of nitrogens with zero attached hydrogens (tertiary/aromatic N) is 2. The molecule has 0 radical (unpaired) electrons. The van der Waals surface area contributed by atoms with Gasteiger partial charge in [-0.05, 0) is 36.8 Å². The van der Waals surface area contributed by atoms with E-state index < -0.39 is 10.0 Å². The van der Waals surface area contributed by atoms with Crippen molar-refractivity contribution >= 4 is 27.0 Å². The van der Waals surface area contributed by atoms with Crippen LogP contribution < -0.4 is 4.72 Å². The molecule has 22 heavy (non-hydrogen) atoms. The summed E-state index contributed by atoms with van der Waals surface area (Å²) in [7, 11) is -1.75. The maximum atomic E-state index is 12.5. The molecule has 0 atom stereocenters. The Morgan fingerprint density at radius 2 is 2.05 bits per heavy atom. The molecule has 3 aromatic rings. The van der Waals surface area contributed by atoms with Crippen molar-refractivity contribution < 1.29 is 8.42 Å². The number of sulfonamides is 1. The second kappa shape index (κ2) is 5.58. The van der Waals surface area contributed by atoms with E-state index in [0.29, 0.717) is 5.69 Å². The Morgan fingerprint density at radius 3 is 2.73 bits per heavy atom. The van der Waals surface area contributed by atoms with Crippen LogP contribution in [0.15, 0.2) is 52.2 Å². The molecule has 0 amide bonds. The zero-order valence-electron chi connectivity index (χ0n) is 12.1. The number of rotatable bonds is 4. The summed E-state index contributed by atoms with van der Waals surface area (Å²) in [5.41, 5.74) is 3.29. The molecule has 0 aliphatic heterocycles. The predicted molar refractivity (Wildman–Crippen MR) is 88.5 cm³/mol. The van der Waals surface area contributed by atoms with Gasteiger partial charge in [0.1, 0.15) is 4.21 Å². The van der Waals surface area contributed by atoms with Crippen LogP contribution in [-0.2, 0) is 17.1 Å². The molecule has 5 nitrogen and oxygen atoms in total. The van der Waals surface area contributed by atoms with Gasteiger partial charge in [-0.1, -0.05) is 12.1 Å². The second-order valence-electron chi connectivity index (χ2n) is 4.97. The fraction of sp³-hybridized carbons (Fsp3) is 0.133. The van der Waals surface area contributed by atoms with Crippen LogP contribution in [0.3, 0.4) is 0 Å². The van der Waals surface area contributed by atoms with Crippen LogP contribution >= 0.6 is 11.3 Å². The minimum Gasteiger partial charge on any atom is -0.279 e. The van der Waals surface area contributed by atoms with Gasteiger partial charge in [0.25, 0.3) is 10.0 Å². The lowest BCUT2D eigenvalue weighted by atomic mass is 10.2. The van der Waals surface area contributed by atoms with Crippen LogP contribution in [0.4, 0.5) is 5.69 Å². The maximum Gasteiger partial charge on any atom is 0.271 e. The van der Waals surface area contributed by atoms with Crippen LogP contribution in [-0.4, -0.2) is 18.2 Å². The van der Waals surface area contributed by atoms with Crippen molar-refractivity contribution in [3.05, 3.63) is 53.5 Å². The summed E-state index contributed by atoms with van der Waals surface area (Å²) in [4.78, 5) is 0. The van der Waals surface area contributed by atoms with Crippen LogP contribution in [0.5, 0.6) is 0 Å². The molecule has 0 saturated heterocycles. The van der Waals surface area contributed by atoms with Gasteiger partial charge in [0.2, 0.25) is 0 Å². The molecule has 0 aliphatic carbocycles. The second-order valence-corrected chi connectivity index (χ2v) is 7.79. The van der Waals surface area contributed by atoms with E-state index in [1.807, 2.05) is 37.6 Å². The lowest BCUT2D eigenvalue weighted by molar-refractivity contribution is 0.603. The van der Waals surface area contributed by atoms with Gasteiger partial charge < -0.3 is 0 Å². The molecule has 1 aromatic carbocycles. The number of hydrogen-bond donors (Lipinski definition) is 1. The van der Waals surface area contributed by atoms with Gasteiger partial charge in [0.05, 0.1) is 5.69 Å². The van der Waals surface area contributed by atoms with E-state index in [9.17, 15) is 8.42 Å². The van der Waals surface area contributed by atoms with Crippen molar-refractivity contribution in [1.82, 2.24) is 9.78 Å². The standard InChI is InChI=1S/C15H15N3O2S2/c1-11-4-3-5-13(8-11)17-22(19,20)15-9-12(10-21-15)14-6-7-16-18(14)2/h3-10,17H,1-2H3. The van der Waals surface area contributed by atoms with E-state index in [2.05, 4.69) is 9.82 Å². The van der Waals surface area contributed by atoms with E-state index in [1.54, 1.807) is 29.1 Å². The van der Waals surface area contributed by atoms with Gasteiger partial charge in [-0.2, -0.15) is 5.10 Å². The Morgan fingerprint density at radius 1 is 1.23 bits per heavy atom. The van der Waals surface area contributed by atoms with Crippen molar-refractivity contribution in [3.8, 4) is 11.3 Å². The Balaban J connectivity index is 1.90. The Labute approximate surface area is 133 Å². The number of anilines is 1. The molecule has 2 aromatic heterocycles. The monoisotopic (exact) mass is 333 g/mol. The first kappa shape index (κ1) is 14.8. The number of aryl methyl sites for hydroxylation is 2. The normalized spacial score (nSPS) is 11.5. The van der Waals surface area contributed by atoms with Crippen LogP contribution in [0.2, 0.25) is 0 Å². The zero-order chi connectivity index (χ0) is 15.7. The largest absolute Gasteiger partial charge is 0.279 e. The summed E-state index contributed by atoms with van der Waals surface area (Å²) in [6.07, 6.45) is 1.69. The predicted octanol–water partition coefficient (Wildman–Crippen LogP) is 3.26. The molecular formula is C15H15N3O2S2. The first-order chi connectivity index (χ1) is 10.5. The summed E-state index contributed by atoms with van der Waals surface area (Å²) < 4.78 is 29.5. The van der Waals surface area contributed by atoms with Crippen molar-refractivity contribution in [2.45, 2.75) is 11.1 Å². The minimum absolute atomic E-state index is 0.283. The Hall–Kier alpha value is -2.12. The topological polar surface area (TPSA) is 64.0 Å². The fourth-order valence-corrected chi connectivity index (χ4v) is 4.39. The van der Waals surface area contributed by atoms with Gasteiger partial charge >= 0.3 is 0 Å². The van der Waals surface area contributed by atoms with Gasteiger partial charge in [-0.15, -0.1) is 11.3 Å². The van der Waals surface area contributed by atoms with Crippen molar-refractivity contribution in [3.63, 3.8) is 0 Å². The molecule has 0 aliphatic rings. The number of benzene rings is 1. The minimum atomic E-state index is -3.57. The summed E-state index contributed by atoms with van der Waals surface area (Å²) in [6.45, 7) is 1.92. The zero-order valence-corrected chi connectivity index (χ0v) is 13.8. The Bertz CT molecular complexity index is 910. The average molecular weight is 333 g/mol. The first-order valence-corrected chi connectivity index (χ1v) is 8.98. The third-order valence-corrected chi connectivity index (χ3v) is 6.05. The maximum absolute atomic E-state index is 12.5. The van der Waals surface area contributed by atoms with E-state index >= 15 is 0 Å². The highest BCUT2D eigenvalue weighted by Crippen LogP contribution is 2.29. The molecule has 1 N–H and O–H groups in total. The van der Waals surface area contributed by atoms with Crippen molar-refractivity contribution in [2.24, 2.45) is 7.05 Å². The molecule has 0 unspecified atom stereocenters. The van der Waals surface area contributed by atoms with E-state index in [1.165, 1.54) is 11.3 Å². The SMILES string of the molecule is Cc1cccc(NS(=O)(=O)c2cc(-c3ccnn3C)cs2)c1. The number of nitrogens with one attached hydrogen (secondary N) is 1. The van der Waals surface area contributed by atoms with Crippen LogP contribution in [0.25, 0.3) is 11.3 Å². The van der Waals surface area contributed by atoms with Crippen molar-refractivity contribution in [2.75, 3.05) is 4.72 Å². The summed E-state index contributed by atoms with van der Waals surface area (Å²) in [6, 6.07) is 10.8. The fourth-order valence-electron chi connectivity index (χ4n) is 2.16. The molecule has 3 rings (SSSR count). The molecule has 0 spiro atoms. The van der Waals surface area contributed by atoms with E-state index in [4.69, 9.17) is 0 Å². The third kappa shape index (κ3) is 2.90. The molecule has 114 valence electrons. The molecule has 0 fully saturated rings. The third-order valence-electron chi connectivity index (χ3n) is 3.23. The van der Waals surface area contributed by atoms with Crippen LogP contribution in [0, 0.1) is 6.92 Å². The van der Waals surface area contributed by atoms with Gasteiger partial charge in [0.15, 0.2) is 0 Å². The highest BCUT2D eigenvalue weighted by atomic mass is 32.2. The molecule has 0 saturated carbocycles. The molecular weight excluding hydrogens is 318 g/mol. The first-order valence-electron chi connectivity index (χ1n) is 6.62. The summed E-state index contributed by atoms with van der Waals surface area (Å²) in [5, 5.41) is 5.92. The molecule has 2 heterocycles. The van der Waals surface area contributed by atoms with Gasteiger partial charge in [-0.3, -0.25) is 9.40 Å². The lowest BCUT2D eigenvalue weighted by Crippen LogP contribution is -2.11. The lowest BCUT2D eigenvalue weighted by Gasteiger charge is -2.06. The number of thiophene rings is 1. The Kier molecular flexibility index (Phi) is 3.76. The number of aromatic nitrogens is 2. The average Bonchev–Trinajstić information content (AvgIpc) is 3.06.